The van der Waals surface area contributed by atoms with Gasteiger partial charge < -0.3 is 39.2 Å². The normalized spacial score (nSPS) is 19.2. The molecule has 2 heterocycles. The van der Waals surface area contributed by atoms with Gasteiger partial charge in [-0.1, -0.05) is 55.5 Å². The summed E-state index contributed by atoms with van der Waals surface area (Å²) in [5, 5.41) is 6.30. The Labute approximate surface area is 306 Å². The van der Waals surface area contributed by atoms with Crippen LogP contribution >= 0.6 is 0 Å². The average Bonchev–Trinajstić information content (AvgIpc) is 4.07. The third-order valence-corrected chi connectivity index (χ3v) is 9.11. The SMILES string of the molecule is COc1cc(C(=O)O[C@H](C(=O)N/C(=C\[C@@H](OC(C)=O)[C@H](C)[C@@H]2CN2C(=O)OCc2ccccc2)C(=O)NCC(C)=O)[C@]2(C)CO2)c2cccc(C)c2c1. The van der Waals surface area contributed by atoms with Crippen LogP contribution in [0.2, 0.25) is 0 Å². The Morgan fingerprint density at radius 3 is 2.36 bits per heavy atom. The van der Waals surface area contributed by atoms with Crippen molar-refractivity contribution in [2.75, 3.05) is 26.8 Å². The van der Waals surface area contributed by atoms with Crippen molar-refractivity contribution < 1.29 is 52.5 Å². The third-order valence-electron chi connectivity index (χ3n) is 9.11. The van der Waals surface area contributed by atoms with E-state index in [1.54, 1.807) is 32.0 Å². The maximum Gasteiger partial charge on any atom is 0.410 e. The van der Waals surface area contributed by atoms with Crippen molar-refractivity contribution >= 4 is 46.4 Å². The minimum atomic E-state index is -1.53. The first-order chi connectivity index (χ1) is 25.2. The zero-order valence-corrected chi connectivity index (χ0v) is 30.4. The summed E-state index contributed by atoms with van der Waals surface area (Å²) in [4.78, 5) is 79.5. The molecule has 0 aliphatic carbocycles. The van der Waals surface area contributed by atoms with E-state index in [-0.39, 0.29) is 36.8 Å². The second kappa shape index (κ2) is 16.3. The Morgan fingerprint density at radius 2 is 1.72 bits per heavy atom. The summed E-state index contributed by atoms with van der Waals surface area (Å²) in [6, 6.07) is 17.5. The van der Waals surface area contributed by atoms with Gasteiger partial charge >= 0.3 is 18.0 Å². The van der Waals surface area contributed by atoms with Crippen LogP contribution < -0.4 is 15.4 Å². The second-order valence-corrected chi connectivity index (χ2v) is 13.4. The van der Waals surface area contributed by atoms with E-state index in [1.807, 2.05) is 43.3 Å². The van der Waals surface area contributed by atoms with Gasteiger partial charge in [-0.2, -0.15) is 0 Å². The molecule has 3 aromatic carbocycles. The van der Waals surface area contributed by atoms with E-state index in [1.165, 1.54) is 38.0 Å². The zero-order valence-electron chi connectivity index (χ0n) is 30.4. The molecule has 0 saturated carbocycles. The zero-order chi connectivity index (χ0) is 38.4. The fourth-order valence-electron chi connectivity index (χ4n) is 5.85. The minimum absolute atomic E-state index is 0.0686. The molecule has 2 saturated heterocycles. The first kappa shape index (κ1) is 38.5. The van der Waals surface area contributed by atoms with Crippen molar-refractivity contribution in [3.05, 3.63) is 89.1 Å². The number of nitrogens with one attached hydrogen (secondary N) is 2. The molecule has 280 valence electrons. The van der Waals surface area contributed by atoms with Gasteiger partial charge in [0.25, 0.3) is 11.8 Å². The van der Waals surface area contributed by atoms with E-state index in [9.17, 15) is 28.8 Å². The van der Waals surface area contributed by atoms with E-state index in [4.69, 9.17) is 23.7 Å². The van der Waals surface area contributed by atoms with Gasteiger partial charge in [0.05, 0.1) is 31.9 Å². The van der Waals surface area contributed by atoms with E-state index >= 15 is 0 Å². The molecule has 0 bridgehead atoms. The van der Waals surface area contributed by atoms with Crippen LogP contribution in [0.25, 0.3) is 10.8 Å². The Balaban J connectivity index is 1.39. The molecule has 0 radical (unpaired) electrons. The first-order valence-corrected chi connectivity index (χ1v) is 17.1. The third kappa shape index (κ3) is 9.57. The number of hydrogen-bond donors (Lipinski definition) is 2. The van der Waals surface area contributed by atoms with Crippen LogP contribution in [0.1, 0.15) is 49.2 Å². The number of benzene rings is 3. The van der Waals surface area contributed by atoms with Crippen LogP contribution in [0.15, 0.2) is 72.4 Å². The van der Waals surface area contributed by atoms with Crippen molar-refractivity contribution in [1.29, 1.82) is 0 Å². The van der Waals surface area contributed by atoms with Crippen molar-refractivity contribution in [3.8, 4) is 5.75 Å². The number of Topliss-reactive ketones (excluding diaryl/α,β-unsaturated/α-hetero) is 1. The van der Waals surface area contributed by atoms with E-state index in [2.05, 4.69) is 10.6 Å². The topological polar surface area (TPSA) is 179 Å². The van der Waals surface area contributed by atoms with E-state index in [0.29, 0.717) is 17.7 Å². The van der Waals surface area contributed by atoms with Gasteiger partial charge in [-0.3, -0.25) is 19.2 Å². The van der Waals surface area contributed by atoms with Crippen LogP contribution in [0.5, 0.6) is 5.75 Å². The van der Waals surface area contributed by atoms with Crippen molar-refractivity contribution in [1.82, 2.24) is 15.5 Å². The summed E-state index contributed by atoms with van der Waals surface area (Å²) in [7, 11) is 1.47. The predicted molar refractivity (Wildman–Crippen MR) is 191 cm³/mol. The quantitative estimate of drug-likeness (QED) is 0.101. The lowest BCUT2D eigenvalue weighted by Gasteiger charge is -2.24. The van der Waals surface area contributed by atoms with Crippen LogP contribution in [-0.2, 0) is 44.7 Å². The summed E-state index contributed by atoms with van der Waals surface area (Å²) in [6.45, 7) is 7.74. The Hall–Kier alpha value is -5.76. The number of fused-ring (bicyclic) bond motifs is 1. The summed E-state index contributed by atoms with van der Waals surface area (Å²) in [6.07, 6.45) is -1.99. The summed E-state index contributed by atoms with van der Waals surface area (Å²) in [5.74, 6) is -3.81. The molecular weight excluding hydrogens is 686 g/mol. The van der Waals surface area contributed by atoms with Crippen molar-refractivity contribution in [3.63, 3.8) is 0 Å². The highest BCUT2D eigenvalue weighted by Gasteiger charge is 2.54. The molecule has 3 amide bonds. The Kier molecular flexibility index (Phi) is 11.8. The number of nitrogens with zero attached hydrogens (tertiary/aromatic N) is 1. The number of ketones is 1. The molecule has 0 aromatic heterocycles. The number of amides is 3. The molecule has 3 aromatic rings. The summed E-state index contributed by atoms with van der Waals surface area (Å²) < 4.78 is 27.8. The number of rotatable bonds is 15. The summed E-state index contributed by atoms with van der Waals surface area (Å²) in [5.41, 5.74) is 0.263. The Morgan fingerprint density at radius 1 is 1.00 bits per heavy atom. The van der Waals surface area contributed by atoms with Gasteiger partial charge in [0.15, 0.2) is 0 Å². The number of esters is 2. The van der Waals surface area contributed by atoms with Crippen molar-refractivity contribution in [2.24, 2.45) is 5.92 Å². The molecular formula is C39H43N3O11. The number of aryl methyl sites for hydroxylation is 1. The molecule has 2 aliphatic rings. The van der Waals surface area contributed by atoms with E-state index in [0.717, 1.165) is 16.5 Å². The highest BCUT2D eigenvalue weighted by molar-refractivity contribution is 6.07. The molecule has 2 fully saturated rings. The highest BCUT2D eigenvalue weighted by Crippen LogP contribution is 2.35. The molecule has 5 atom stereocenters. The molecule has 2 N–H and O–H groups in total. The number of methoxy groups -OCH3 is 1. The molecule has 53 heavy (non-hydrogen) atoms. The van der Waals surface area contributed by atoms with Gasteiger partial charge in [0.2, 0.25) is 6.10 Å². The number of carbonyl (C=O) groups excluding carboxylic acids is 6. The fourth-order valence-corrected chi connectivity index (χ4v) is 5.85. The maximum absolute atomic E-state index is 14.0. The first-order valence-electron chi connectivity index (χ1n) is 17.1. The largest absolute Gasteiger partial charge is 0.497 e. The molecule has 0 unspecified atom stereocenters. The number of hydrogen-bond acceptors (Lipinski definition) is 11. The standard InChI is InChI=1S/C39H43N3O11/c1-22-11-10-14-28-29(22)15-27(49-6)16-30(28)37(47)53-34(39(5)21-51-39)36(46)41-31(35(45)40-18-23(2)43)17-33(52-25(4)44)24(3)32-19-42(32)38(48)50-20-26-12-8-7-9-13-26/h7-17,24,32-34H,18-21H2,1-6H3,(H,40,45)(H,41,46)/b31-17-/t24-,32+,33-,34-,39+,42?/m1/s1. The van der Waals surface area contributed by atoms with Crippen molar-refractivity contribution in [2.45, 2.75) is 65.1 Å². The molecule has 2 aliphatic heterocycles. The van der Waals surface area contributed by atoms with Crippen LogP contribution in [-0.4, -0.2) is 91.2 Å². The van der Waals surface area contributed by atoms with Gasteiger partial charge in [-0.15, -0.1) is 0 Å². The second-order valence-electron chi connectivity index (χ2n) is 13.4. The van der Waals surface area contributed by atoms with Gasteiger partial charge in [-0.25, -0.2) is 9.59 Å². The monoisotopic (exact) mass is 729 g/mol. The van der Waals surface area contributed by atoms with Gasteiger partial charge in [0, 0.05) is 19.4 Å². The lowest BCUT2D eigenvalue weighted by Crippen LogP contribution is -2.48. The molecule has 0 spiro atoms. The van der Waals surface area contributed by atoms with Crippen LogP contribution in [0, 0.1) is 12.8 Å². The number of ether oxygens (including phenoxy) is 5. The lowest BCUT2D eigenvalue weighted by molar-refractivity contribution is -0.146. The molecule has 5 rings (SSSR count). The van der Waals surface area contributed by atoms with Crippen LogP contribution in [0.3, 0.4) is 0 Å². The average molecular weight is 730 g/mol. The maximum atomic E-state index is 14.0. The molecule has 14 nitrogen and oxygen atoms in total. The van der Waals surface area contributed by atoms with Gasteiger partial charge in [-0.05, 0) is 60.9 Å². The smallest absolute Gasteiger partial charge is 0.410 e. The van der Waals surface area contributed by atoms with Crippen LogP contribution in [0.4, 0.5) is 4.79 Å². The minimum Gasteiger partial charge on any atom is -0.497 e. The fraction of sp³-hybridized carbons (Fsp3) is 0.385. The highest BCUT2D eigenvalue weighted by atomic mass is 16.6. The summed E-state index contributed by atoms with van der Waals surface area (Å²) >= 11 is 0. The number of epoxide rings is 1. The van der Waals surface area contributed by atoms with Gasteiger partial charge in [0.1, 0.15) is 35.5 Å². The number of carbonyl (C=O) groups is 6. The van der Waals surface area contributed by atoms with E-state index < -0.39 is 59.6 Å². The lowest BCUT2D eigenvalue weighted by atomic mass is 9.98. The molecule has 14 heteroatoms. The Bertz CT molecular complexity index is 1940. The predicted octanol–water partition coefficient (Wildman–Crippen LogP) is 3.77.